The van der Waals surface area contributed by atoms with E-state index < -0.39 is 0 Å². The molecule has 0 amide bonds. The van der Waals surface area contributed by atoms with Crippen molar-refractivity contribution in [3.63, 3.8) is 0 Å². The second-order valence-corrected chi connectivity index (χ2v) is 2.49. The molecular weight excluding hydrogens is 122 g/mol. The van der Waals surface area contributed by atoms with Crippen molar-refractivity contribution in [3.8, 4) is 0 Å². The monoisotopic (exact) mass is 135 g/mol. The Morgan fingerprint density at radius 3 is 3.00 bits per heavy atom. The van der Waals surface area contributed by atoms with Crippen LogP contribution in [0.25, 0.3) is 0 Å². The van der Waals surface area contributed by atoms with Crippen LogP contribution in [0.4, 0.5) is 0 Å². The summed E-state index contributed by atoms with van der Waals surface area (Å²) in [5.41, 5.74) is 2.61. The Balaban J connectivity index is 2.69. The van der Waals surface area contributed by atoms with Gasteiger partial charge in [-0.25, -0.2) is 0 Å². The number of hydrogen-bond acceptors (Lipinski definition) is 1. The summed E-state index contributed by atoms with van der Waals surface area (Å²) in [5.74, 6) is 0. The Kier molecular flexibility index (Phi) is 2.32. The zero-order valence-corrected chi connectivity index (χ0v) is 6.52. The topological polar surface area (TPSA) is 12.0 Å². The molecule has 0 spiro atoms. The van der Waals surface area contributed by atoms with Crippen molar-refractivity contribution in [2.75, 3.05) is 7.05 Å². The van der Waals surface area contributed by atoms with E-state index in [1.54, 1.807) is 0 Å². The molecule has 0 bridgehead atoms. The smallest absolute Gasteiger partial charge is 0.0300 e. The summed E-state index contributed by atoms with van der Waals surface area (Å²) in [5, 5.41) is 3.11. The molecule has 1 heteroatoms. The highest BCUT2D eigenvalue weighted by atomic mass is 14.8. The van der Waals surface area contributed by atoms with Gasteiger partial charge in [-0.3, -0.25) is 0 Å². The minimum absolute atomic E-state index is 1.06. The Morgan fingerprint density at radius 1 is 1.50 bits per heavy atom. The molecule has 0 aromatic heterocycles. The van der Waals surface area contributed by atoms with Crippen LogP contribution in [0.3, 0.4) is 0 Å². The molecule has 1 nitrogen and oxygen atoms in total. The number of likely N-dealkylation sites (N-methyl/N-ethyl adjacent to an activating group) is 1. The normalized spacial score (nSPS) is 17.4. The second-order valence-electron chi connectivity index (χ2n) is 2.49. The summed E-state index contributed by atoms with van der Waals surface area (Å²) in [6.45, 7) is 2.14. The lowest BCUT2D eigenvalue weighted by Gasteiger charge is -1.97. The van der Waals surface area contributed by atoms with Crippen molar-refractivity contribution in [3.05, 3.63) is 35.6 Å². The van der Waals surface area contributed by atoms with Gasteiger partial charge in [-0.2, -0.15) is 0 Å². The van der Waals surface area contributed by atoms with E-state index in [2.05, 4.69) is 36.5 Å². The predicted molar refractivity (Wildman–Crippen MR) is 44.7 cm³/mol. The first-order chi connectivity index (χ1) is 4.83. The lowest BCUT2D eigenvalue weighted by Crippen LogP contribution is -2.01. The van der Waals surface area contributed by atoms with Gasteiger partial charge in [0.25, 0.3) is 0 Å². The maximum absolute atomic E-state index is 3.11. The molecule has 10 heavy (non-hydrogen) atoms. The molecule has 1 aliphatic rings. The molecule has 0 atom stereocenters. The van der Waals surface area contributed by atoms with Crippen LogP contribution in [0, 0.1) is 0 Å². The predicted octanol–water partition coefficient (Wildman–Crippen LogP) is 2.00. The van der Waals surface area contributed by atoms with Crippen molar-refractivity contribution >= 4 is 0 Å². The Hall–Kier alpha value is -0.980. The summed E-state index contributed by atoms with van der Waals surface area (Å²) in [6, 6.07) is 0. The quantitative estimate of drug-likeness (QED) is 0.580. The van der Waals surface area contributed by atoms with Crippen LogP contribution in [0.5, 0.6) is 0 Å². The summed E-state index contributed by atoms with van der Waals surface area (Å²) >= 11 is 0. The molecule has 0 saturated heterocycles. The van der Waals surface area contributed by atoms with Crippen molar-refractivity contribution in [2.45, 2.75) is 13.3 Å². The zero-order chi connectivity index (χ0) is 7.40. The van der Waals surface area contributed by atoms with Crippen molar-refractivity contribution in [1.29, 1.82) is 0 Å². The molecule has 0 fully saturated rings. The Morgan fingerprint density at radius 2 is 2.30 bits per heavy atom. The molecule has 1 aliphatic carbocycles. The van der Waals surface area contributed by atoms with Crippen LogP contribution in [0.2, 0.25) is 0 Å². The highest BCUT2D eigenvalue weighted by molar-refractivity contribution is 5.27. The molecule has 1 N–H and O–H groups in total. The first kappa shape index (κ1) is 7.13. The highest BCUT2D eigenvalue weighted by Gasteiger charge is 1.91. The fourth-order valence-corrected chi connectivity index (χ4v) is 0.908. The van der Waals surface area contributed by atoms with Gasteiger partial charge in [0.1, 0.15) is 0 Å². The Labute approximate surface area is 62.1 Å². The van der Waals surface area contributed by atoms with Gasteiger partial charge in [-0.15, -0.1) is 0 Å². The van der Waals surface area contributed by atoms with Crippen LogP contribution in [0.15, 0.2) is 35.6 Å². The van der Waals surface area contributed by atoms with E-state index in [-0.39, 0.29) is 0 Å². The van der Waals surface area contributed by atoms with Gasteiger partial charge in [-0.1, -0.05) is 23.8 Å². The second kappa shape index (κ2) is 3.25. The largest absolute Gasteiger partial charge is 0.388 e. The molecule has 1 rings (SSSR count). The van der Waals surface area contributed by atoms with E-state index in [9.17, 15) is 0 Å². The summed E-state index contributed by atoms with van der Waals surface area (Å²) in [6.07, 6.45) is 9.54. The average molecular weight is 135 g/mol. The first-order valence-corrected chi connectivity index (χ1v) is 3.54. The van der Waals surface area contributed by atoms with E-state index >= 15 is 0 Å². The fraction of sp³-hybridized carbons (Fsp3) is 0.333. The van der Waals surface area contributed by atoms with E-state index in [4.69, 9.17) is 0 Å². The number of rotatable bonds is 1. The van der Waals surface area contributed by atoms with Crippen molar-refractivity contribution < 1.29 is 0 Å². The lowest BCUT2D eigenvalue weighted by molar-refractivity contribution is 1.01. The fourth-order valence-electron chi connectivity index (χ4n) is 0.908. The number of hydrogen-bond donors (Lipinski definition) is 1. The highest BCUT2D eigenvalue weighted by Crippen LogP contribution is 2.08. The van der Waals surface area contributed by atoms with E-state index in [0.29, 0.717) is 0 Å². The van der Waals surface area contributed by atoms with E-state index in [0.717, 1.165) is 6.42 Å². The van der Waals surface area contributed by atoms with Gasteiger partial charge in [-0.05, 0) is 19.4 Å². The van der Waals surface area contributed by atoms with Crippen LogP contribution < -0.4 is 5.32 Å². The van der Waals surface area contributed by atoms with E-state index in [1.807, 2.05) is 7.05 Å². The summed E-state index contributed by atoms with van der Waals surface area (Å²) in [4.78, 5) is 0. The lowest BCUT2D eigenvalue weighted by atomic mass is 10.2. The molecule has 0 aliphatic heterocycles. The molecular formula is C9H13N. The van der Waals surface area contributed by atoms with Gasteiger partial charge in [0, 0.05) is 12.7 Å². The summed E-state index contributed by atoms with van der Waals surface area (Å²) < 4.78 is 0. The molecule has 0 unspecified atom stereocenters. The molecule has 0 saturated carbocycles. The summed E-state index contributed by atoms with van der Waals surface area (Å²) in [7, 11) is 1.94. The van der Waals surface area contributed by atoms with Crippen LogP contribution in [-0.2, 0) is 0 Å². The van der Waals surface area contributed by atoms with Crippen LogP contribution in [-0.4, -0.2) is 7.05 Å². The third kappa shape index (κ3) is 1.76. The number of allylic oxidation sites excluding steroid dienone is 5. The van der Waals surface area contributed by atoms with Gasteiger partial charge >= 0.3 is 0 Å². The van der Waals surface area contributed by atoms with Crippen LogP contribution in [0.1, 0.15) is 13.3 Å². The average Bonchev–Trinajstić information content (AvgIpc) is 2.14. The third-order valence-electron chi connectivity index (χ3n) is 1.59. The minimum Gasteiger partial charge on any atom is -0.388 e. The SMILES string of the molecule is CNC1=CCC(C)=CC=C1. The maximum atomic E-state index is 3.11. The van der Waals surface area contributed by atoms with Gasteiger partial charge < -0.3 is 5.32 Å². The molecule has 0 aromatic rings. The third-order valence-corrected chi connectivity index (χ3v) is 1.59. The van der Waals surface area contributed by atoms with Crippen molar-refractivity contribution in [2.24, 2.45) is 0 Å². The maximum Gasteiger partial charge on any atom is 0.0300 e. The van der Waals surface area contributed by atoms with Gasteiger partial charge in [0.05, 0.1) is 0 Å². The molecule has 0 heterocycles. The standard InChI is InChI=1S/C9H13N/c1-8-4-3-5-9(10-2)7-6-8/h3-5,7,10H,6H2,1-2H3. The number of nitrogens with one attached hydrogen (secondary N) is 1. The first-order valence-electron chi connectivity index (χ1n) is 3.54. The zero-order valence-electron chi connectivity index (χ0n) is 6.52. The molecule has 54 valence electrons. The van der Waals surface area contributed by atoms with Gasteiger partial charge in [0.2, 0.25) is 0 Å². The molecule has 0 aromatic carbocycles. The van der Waals surface area contributed by atoms with Crippen molar-refractivity contribution in [1.82, 2.24) is 5.32 Å². The van der Waals surface area contributed by atoms with Crippen LogP contribution >= 0.6 is 0 Å². The minimum atomic E-state index is 1.06. The molecule has 0 radical (unpaired) electrons. The van der Waals surface area contributed by atoms with Gasteiger partial charge in [0.15, 0.2) is 0 Å². The van der Waals surface area contributed by atoms with E-state index in [1.165, 1.54) is 11.3 Å². The Bertz CT molecular complexity index is 197.